The molecule has 0 unspecified atom stereocenters. The third-order valence-corrected chi connectivity index (χ3v) is 5.70. The zero-order valence-electron chi connectivity index (χ0n) is 18.7. The van der Waals surface area contributed by atoms with Gasteiger partial charge in [0.1, 0.15) is 0 Å². The molecule has 4 aromatic rings. The molecule has 0 saturated carbocycles. The highest BCUT2D eigenvalue weighted by Gasteiger charge is 2.15. The maximum Gasteiger partial charge on any atom is 0.223 e. The van der Waals surface area contributed by atoms with Crippen LogP contribution in [-0.2, 0) is 0 Å². The van der Waals surface area contributed by atoms with E-state index in [9.17, 15) is 0 Å². The topological polar surface area (TPSA) is 69.2 Å². The average Bonchev–Trinajstić information content (AvgIpc) is 2.84. The number of thioether (sulfide) groups is 1. The van der Waals surface area contributed by atoms with Gasteiger partial charge in [0.15, 0.2) is 11.5 Å². The normalized spacial score (nSPS) is 10.9. The number of nitrogens with zero attached hydrogens (tertiary/aromatic N) is 3. The Morgan fingerprint density at radius 2 is 1.62 bits per heavy atom. The Hall–Kier alpha value is -3.32. The maximum absolute atomic E-state index is 5.86. The Kier molecular flexibility index (Phi) is 6.75. The predicted molar refractivity (Wildman–Crippen MR) is 132 cm³/mol. The predicted octanol–water partition coefficient (Wildman–Crippen LogP) is 5.92. The van der Waals surface area contributed by atoms with Gasteiger partial charge in [-0.2, -0.15) is 0 Å². The van der Waals surface area contributed by atoms with E-state index in [2.05, 4.69) is 45.8 Å². The molecule has 7 heteroatoms. The van der Waals surface area contributed by atoms with Crippen molar-refractivity contribution < 1.29 is 9.47 Å². The Morgan fingerprint density at radius 1 is 0.875 bits per heavy atom. The van der Waals surface area contributed by atoms with Crippen LogP contribution in [0.15, 0.2) is 59.8 Å². The van der Waals surface area contributed by atoms with E-state index in [-0.39, 0.29) is 0 Å². The van der Waals surface area contributed by atoms with Gasteiger partial charge in [-0.1, -0.05) is 18.2 Å². The van der Waals surface area contributed by atoms with Crippen LogP contribution in [-0.4, -0.2) is 41.5 Å². The molecule has 0 bridgehead atoms. The highest BCUT2D eigenvalue weighted by Crippen LogP contribution is 2.37. The van der Waals surface area contributed by atoms with Crippen LogP contribution in [0.1, 0.15) is 13.8 Å². The van der Waals surface area contributed by atoms with E-state index in [4.69, 9.17) is 14.5 Å². The summed E-state index contributed by atoms with van der Waals surface area (Å²) in [6.07, 6.45) is 5.81. The van der Waals surface area contributed by atoms with E-state index >= 15 is 0 Å². The van der Waals surface area contributed by atoms with E-state index in [1.54, 1.807) is 11.8 Å². The smallest absolute Gasteiger partial charge is 0.223 e. The van der Waals surface area contributed by atoms with Crippen molar-refractivity contribution in [3.05, 3.63) is 54.9 Å². The Bertz CT molecular complexity index is 1250. The highest BCUT2D eigenvalue weighted by atomic mass is 32.2. The Balaban J connectivity index is 1.90. The molecule has 0 aliphatic rings. The number of anilines is 1. The molecule has 0 amide bonds. The van der Waals surface area contributed by atoms with E-state index < -0.39 is 0 Å². The summed E-state index contributed by atoms with van der Waals surface area (Å²) in [7, 11) is 1.82. The monoisotopic (exact) mass is 446 g/mol. The summed E-state index contributed by atoms with van der Waals surface area (Å²) in [6, 6.07) is 14.4. The van der Waals surface area contributed by atoms with Gasteiger partial charge in [0.05, 0.1) is 24.4 Å². The van der Waals surface area contributed by atoms with Gasteiger partial charge < -0.3 is 14.8 Å². The number of rotatable bonds is 8. The van der Waals surface area contributed by atoms with E-state index in [0.29, 0.717) is 30.7 Å². The number of fused-ring (bicyclic) bond motifs is 1. The van der Waals surface area contributed by atoms with Gasteiger partial charge in [0.2, 0.25) is 5.95 Å². The maximum atomic E-state index is 5.86. The van der Waals surface area contributed by atoms with Crippen LogP contribution >= 0.6 is 11.8 Å². The number of hydrogen-bond donors (Lipinski definition) is 1. The molecule has 1 N–H and O–H groups in total. The largest absolute Gasteiger partial charge is 0.490 e. The van der Waals surface area contributed by atoms with Gasteiger partial charge in [0, 0.05) is 46.9 Å². The molecule has 2 aromatic carbocycles. The lowest BCUT2D eigenvalue weighted by molar-refractivity contribution is 0.288. The SMILES string of the molecule is CCOc1cc2nc(NC)nc(-c3cccc(-c4cncc(SC)c4)c3)c2cc1OCC. The number of aromatic nitrogens is 3. The van der Waals surface area contributed by atoms with Crippen molar-refractivity contribution in [2.24, 2.45) is 0 Å². The first-order valence-corrected chi connectivity index (χ1v) is 11.8. The Morgan fingerprint density at radius 3 is 2.34 bits per heavy atom. The summed E-state index contributed by atoms with van der Waals surface area (Å²) in [5.41, 5.74) is 4.77. The lowest BCUT2D eigenvalue weighted by Crippen LogP contribution is -2.02. The molecule has 2 heterocycles. The molecule has 0 aliphatic carbocycles. The fourth-order valence-electron chi connectivity index (χ4n) is 3.54. The molecule has 0 spiro atoms. The van der Waals surface area contributed by atoms with Crippen LogP contribution in [0.5, 0.6) is 11.5 Å². The minimum Gasteiger partial charge on any atom is -0.490 e. The fraction of sp³-hybridized carbons (Fsp3) is 0.240. The van der Waals surface area contributed by atoms with Crippen molar-refractivity contribution in [2.45, 2.75) is 18.7 Å². The van der Waals surface area contributed by atoms with Crippen LogP contribution in [0, 0.1) is 0 Å². The molecule has 4 rings (SSSR count). The van der Waals surface area contributed by atoms with Gasteiger partial charge in [0.25, 0.3) is 0 Å². The minimum absolute atomic E-state index is 0.546. The second-order valence-electron chi connectivity index (χ2n) is 7.02. The van der Waals surface area contributed by atoms with Gasteiger partial charge in [-0.25, -0.2) is 9.97 Å². The molecule has 164 valence electrons. The zero-order chi connectivity index (χ0) is 22.5. The van der Waals surface area contributed by atoms with Crippen molar-refractivity contribution in [3.63, 3.8) is 0 Å². The summed E-state index contributed by atoms with van der Waals surface area (Å²) in [5, 5.41) is 3.98. The lowest BCUT2D eigenvalue weighted by atomic mass is 10.0. The van der Waals surface area contributed by atoms with E-state index in [0.717, 1.165) is 38.2 Å². The standard InChI is InChI=1S/C25H26N4O2S/c1-5-30-22-12-20-21(13-23(22)31-6-2)28-25(26-3)29-24(20)17-9-7-8-16(10-17)18-11-19(32-4)15-27-14-18/h7-15H,5-6H2,1-4H3,(H,26,28,29). The third-order valence-electron chi connectivity index (χ3n) is 5.00. The van der Waals surface area contributed by atoms with Crippen molar-refractivity contribution in [3.8, 4) is 33.9 Å². The molecule has 0 fully saturated rings. The number of benzene rings is 2. The Labute approximate surface area is 192 Å². The van der Waals surface area contributed by atoms with Crippen molar-refractivity contribution in [2.75, 3.05) is 31.8 Å². The lowest BCUT2D eigenvalue weighted by Gasteiger charge is -2.15. The summed E-state index contributed by atoms with van der Waals surface area (Å²) >= 11 is 1.68. The van der Waals surface area contributed by atoms with Crippen LogP contribution in [0.3, 0.4) is 0 Å². The molecule has 32 heavy (non-hydrogen) atoms. The van der Waals surface area contributed by atoms with Gasteiger partial charge in [-0.15, -0.1) is 11.8 Å². The second kappa shape index (κ2) is 9.87. The average molecular weight is 447 g/mol. The zero-order valence-corrected chi connectivity index (χ0v) is 19.5. The number of nitrogens with one attached hydrogen (secondary N) is 1. The quantitative estimate of drug-likeness (QED) is 0.337. The van der Waals surface area contributed by atoms with Gasteiger partial charge in [-0.3, -0.25) is 4.98 Å². The number of ether oxygens (including phenoxy) is 2. The fourth-order valence-corrected chi connectivity index (χ4v) is 3.95. The van der Waals surface area contributed by atoms with Crippen LogP contribution in [0.4, 0.5) is 5.95 Å². The summed E-state index contributed by atoms with van der Waals surface area (Å²) in [4.78, 5) is 15.0. The minimum atomic E-state index is 0.546. The van der Waals surface area contributed by atoms with Crippen LogP contribution in [0.2, 0.25) is 0 Å². The van der Waals surface area contributed by atoms with Gasteiger partial charge in [-0.05, 0) is 43.9 Å². The number of pyridine rings is 1. The van der Waals surface area contributed by atoms with E-state index in [1.165, 1.54) is 0 Å². The molecular formula is C25H26N4O2S. The van der Waals surface area contributed by atoms with Crippen molar-refractivity contribution in [1.29, 1.82) is 0 Å². The molecule has 0 aliphatic heterocycles. The van der Waals surface area contributed by atoms with E-state index in [1.807, 2.05) is 51.5 Å². The summed E-state index contributed by atoms with van der Waals surface area (Å²) in [6.45, 7) is 5.01. The van der Waals surface area contributed by atoms with Crippen LogP contribution < -0.4 is 14.8 Å². The molecule has 2 aromatic heterocycles. The molecule has 0 radical (unpaired) electrons. The number of hydrogen-bond acceptors (Lipinski definition) is 7. The molecular weight excluding hydrogens is 420 g/mol. The first kappa shape index (κ1) is 21.9. The first-order chi connectivity index (χ1) is 15.7. The molecule has 0 saturated heterocycles. The summed E-state index contributed by atoms with van der Waals surface area (Å²) in [5.74, 6) is 1.93. The van der Waals surface area contributed by atoms with Crippen molar-refractivity contribution in [1.82, 2.24) is 15.0 Å². The third kappa shape index (κ3) is 4.48. The first-order valence-electron chi connectivity index (χ1n) is 10.6. The second-order valence-corrected chi connectivity index (χ2v) is 7.90. The highest BCUT2D eigenvalue weighted by molar-refractivity contribution is 7.98. The van der Waals surface area contributed by atoms with Crippen LogP contribution in [0.25, 0.3) is 33.3 Å². The van der Waals surface area contributed by atoms with Gasteiger partial charge >= 0.3 is 0 Å². The summed E-state index contributed by atoms with van der Waals surface area (Å²) < 4.78 is 11.7. The van der Waals surface area contributed by atoms with Crippen molar-refractivity contribution >= 4 is 28.6 Å². The molecule has 6 nitrogen and oxygen atoms in total. The molecule has 0 atom stereocenters.